The highest BCUT2D eigenvalue weighted by molar-refractivity contribution is 5.82. The third-order valence-corrected chi connectivity index (χ3v) is 3.78. The topological polar surface area (TPSA) is 56.4 Å². The minimum absolute atomic E-state index is 0.127. The Hall–Kier alpha value is -1.78. The first-order valence-electron chi connectivity index (χ1n) is 7.57. The number of nitrogens with one attached hydrogen (secondary N) is 1. The van der Waals surface area contributed by atoms with Crippen molar-refractivity contribution >= 4 is 11.8 Å². The van der Waals surface area contributed by atoms with Crippen molar-refractivity contribution in [3.8, 4) is 0 Å². The van der Waals surface area contributed by atoms with E-state index in [4.69, 9.17) is 0 Å². The number of H-pyrrole nitrogens is 1. The van der Waals surface area contributed by atoms with Crippen LogP contribution in [0.15, 0.2) is 18.3 Å². The summed E-state index contributed by atoms with van der Waals surface area (Å²) in [7, 11) is 0. The fourth-order valence-electron chi connectivity index (χ4n) is 2.60. The highest BCUT2D eigenvalue weighted by atomic mass is 16.2. The molecule has 0 atom stereocenters. The molecule has 1 N–H and O–H groups in total. The Morgan fingerprint density at radius 3 is 2.43 bits per heavy atom. The molecule has 0 spiro atoms. The second-order valence-corrected chi connectivity index (χ2v) is 6.65. The molecule has 1 aromatic rings. The normalized spacial score (nSPS) is 16.7. The van der Waals surface area contributed by atoms with Gasteiger partial charge in [-0.25, -0.2) is 0 Å². The highest BCUT2D eigenvalue weighted by Gasteiger charge is 2.29. The number of aromatic nitrogens is 1. The van der Waals surface area contributed by atoms with Crippen molar-refractivity contribution in [3.05, 3.63) is 24.0 Å². The Morgan fingerprint density at radius 1 is 1.14 bits per heavy atom. The van der Waals surface area contributed by atoms with E-state index in [-0.39, 0.29) is 17.2 Å². The van der Waals surface area contributed by atoms with E-state index in [0.717, 1.165) is 25.2 Å². The van der Waals surface area contributed by atoms with Crippen LogP contribution in [0.3, 0.4) is 0 Å². The van der Waals surface area contributed by atoms with Crippen molar-refractivity contribution in [2.45, 2.75) is 33.6 Å². The predicted octanol–water partition coefficient (Wildman–Crippen LogP) is 1.66. The first-order valence-corrected chi connectivity index (χ1v) is 7.57. The second kappa shape index (κ2) is 6.33. The molecule has 0 unspecified atom stereocenters. The lowest BCUT2D eigenvalue weighted by Crippen LogP contribution is -2.42. The molecule has 5 nitrogen and oxygen atoms in total. The average Bonchev–Trinajstić information content (AvgIpc) is 2.78. The molecule has 1 aromatic heterocycles. The zero-order valence-electron chi connectivity index (χ0n) is 13.2. The number of carbonyl (C=O) groups excluding carboxylic acids is 2. The SMILES string of the molecule is CC(C)(C)C(=O)N1CCCN(C(=O)Cc2ccc[nH]2)CC1. The van der Waals surface area contributed by atoms with Gasteiger partial charge in [-0.1, -0.05) is 20.8 Å². The molecule has 2 rings (SSSR count). The fourth-order valence-corrected chi connectivity index (χ4v) is 2.60. The summed E-state index contributed by atoms with van der Waals surface area (Å²) >= 11 is 0. The Morgan fingerprint density at radius 2 is 1.81 bits per heavy atom. The average molecular weight is 291 g/mol. The molecule has 0 aromatic carbocycles. The van der Waals surface area contributed by atoms with Crippen LogP contribution in [0.5, 0.6) is 0 Å². The van der Waals surface area contributed by atoms with Crippen molar-refractivity contribution in [1.82, 2.24) is 14.8 Å². The first kappa shape index (κ1) is 15.6. The molecular formula is C16H25N3O2. The Balaban J connectivity index is 1.91. The van der Waals surface area contributed by atoms with Crippen LogP contribution in [0, 0.1) is 5.41 Å². The lowest BCUT2D eigenvalue weighted by Gasteiger charge is -2.28. The van der Waals surface area contributed by atoms with E-state index in [2.05, 4.69) is 4.98 Å². The number of aromatic amines is 1. The summed E-state index contributed by atoms with van der Waals surface area (Å²) in [5.74, 6) is 0.295. The van der Waals surface area contributed by atoms with E-state index in [1.54, 1.807) is 0 Å². The molecule has 0 bridgehead atoms. The zero-order valence-corrected chi connectivity index (χ0v) is 13.2. The Labute approximate surface area is 126 Å². The summed E-state index contributed by atoms with van der Waals surface area (Å²) in [5, 5.41) is 0. The summed E-state index contributed by atoms with van der Waals surface area (Å²) in [6.07, 6.45) is 3.08. The van der Waals surface area contributed by atoms with Gasteiger partial charge in [-0.05, 0) is 18.6 Å². The number of hydrogen-bond acceptors (Lipinski definition) is 2. The maximum atomic E-state index is 12.3. The molecule has 2 amide bonds. The summed E-state index contributed by atoms with van der Waals surface area (Å²) in [6.45, 7) is 8.54. The summed E-state index contributed by atoms with van der Waals surface area (Å²) in [5.41, 5.74) is 0.579. The van der Waals surface area contributed by atoms with Crippen LogP contribution in [-0.4, -0.2) is 52.8 Å². The third-order valence-electron chi connectivity index (χ3n) is 3.78. The number of amides is 2. The van der Waals surface area contributed by atoms with Crippen LogP contribution in [-0.2, 0) is 16.0 Å². The molecule has 116 valence electrons. The van der Waals surface area contributed by atoms with Gasteiger partial charge in [-0.15, -0.1) is 0 Å². The van der Waals surface area contributed by atoms with Gasteiger partial charge in [0.05, 0.1) is 6.42 Å². The van der Waals surface area contributed by atoms with Gasteiger partial charge in [-0.3, -0.25) is 9.59 Å². The van der Waals surface area contributed by atoms with Gasteiger partial charge >= 0.3 is 0 Å². The van der Waals surface area contributed by atoms with E-state index in [1.165, 1.54) is 0 Å². The van der Waals surface area contributed by atoms with Crippen LogP contribution < -0.4 is 0 Å². The summed E-state index contributed by atoms with van der Waals surface area (Å²) in [6, 6.07) is 3.82. The lowest BCUT2D eigenvalue weighted by atomic mass is 9.94. The van der Waals surface area contributed by atoms with Crippen molar-refractivity contribution in [2.75, 3.05) is 26.2 Å². The van der Waals surface area contributed by atoms with Crippen LogP contribution >= 0.6 is 0 Å². The standard InChI is InChI=1S/C16H25N3O2/c1-16(2,3)15(21)19-9-5-8-18(10-11-19)14(20)12-13-6-4-7-17-13/h4,6-7,17H,5,8-12H2,1-3H3. The quantitative estimate of drug-likeness (QED) is 0.901. The largest absolute Gasteiger partial charge is 0.365 e. The number of carbonyl (C=O) groups is 2. The van der Waals surface area contributed by atoms with E-state index >= 15 is 0 Å². The van der Waals surface area contributed by atoms with Crippen molar-refractivity contribution in [2.24, 2.45) is 5.41 Å². The highest BCUT2D eigenvalue weighted by Crippen LogP contribution is 2.18. The smallest absolute Gasteiger partial charge is 0.228 e. The van der Waals surface area contributed by atoms with Gasteiger partial charge in [0.15, 0.2) is 0 Å². The molecule has 1 fully saturated rings. The van der Waals surface area contributed by atoms with Crippen LogP contribution in [0.2, 0.25) is 0 Å². The molecule has 21 heavy (non-hydrogen) atoms. The summed E-state index contributed by atoms with van der Waals surface area (Å²) < 4.78 is 0. The maximum absolute atomic E-state index is 12.3. The molecule has 1 saturated heterocycles. The number of hydrogen-bond donors (Lipinski definition) is 1. The minimum atomic E-state index is -0.358. The van der Waals surface area contributed by atoms with Gasteiger partial charge in [0.1, 0.15) is 0 Å². The van der Waals surface area contributed by atoms with Gasteiger partial charge in [0.25, 0.3) is 0 Å². The van der Waals surface area contributed by atoms with E-state index in [1.807, 2.05) is 48.9 Å². The zero-order chi connectivity index (χ0) is 15.5. The molecule has 5 heteroatoms. The molecule has 0 radical (unpaired) electrons. The van der Waals surface area contributed by atoms with Gasteiger partial charge in [0.2, 0.25) is 11.8 Å². The van der Waals surface area contributed by atoms with Gasteiger partial charge in [0, 0.05) is 43.5 Å². The van der Waals surface area contributed by atoms with Gasteiger partial charge < -0.3 is 14.8 Å². The van der Waals surface area contributed by atoms with Gasteiger partial charge in [-0.2, -0.15) is 0 Å². The van der Waals surface area contributed by atoms with E-state index in [0.29, 0.717) is 19.5 Å². The third kappa shape index (κ3) is 4.09. The number of rotatable bonds is 2. The minimum Gasteiger partial charge on any atom is -0.365 e. The molecule has 2 heterocycles. The van der Waals surface area contributed by atoms with Crippen LogP contribution in [0.25, 0.3) is 0 Å². The summed E-state index contributed by atoms with van der Waals surface area (Å²) in [4.78, 5) is 31.4. The Bertz CT molecular complexity index is 488. The predicted molar refractivity (Wildman–Crippen MR) is 81.7 cm³/mol. The maximum Gasteiger partial charge on any atom is 0.228 e. The fraction of sp³-hybridized carbons (Fsp3) is 0.625. The molecular weight excluding hydrogens is 266 g/mol. The monoisotopic (exact) mass is 291 g/mol. The number of nitrogens with zero attached hydrogens (tertiary/aromatic N) is 2. The van der Waals surface area contributed by atoms with Crippen molar-refractivity contribution in [1.29, 1.82) is 0 Å². The van der Waals surface area contributed by atoms with Crippen molar-refractivity contribution in [3.63, 3.8) is 0 Å². The van der Waals surface area contributed by atoms with E-state index < -0.39 is 0 Å². The van der Waals surface area contributed by atoms with Crippen LogP contribution in [0.4, 0.5) is 0 Å². The molecule has 0 aliphatic carbocycles. The Kier molecular flexibility index (Phi) is 4.70. The van der Waals surface area contributed by atoms with E-state index in [9.17, 15) is 9.59 Å². The van der Waals surface area contributed by atoms with Crippen molar-refractivity contribution < 1.29 is 9.59 Å². The molecule has 0 saturated carbocycles. The lowest BCUT2D eigenvalue weighted by molar-refractivity contribution is -0.139. The molecule has 1 aliphatic rings. The second-order valence-electron chi connectivity index (χ2n) is 6.65. The first-order chi connectivity index (χ1) is 9.88. The van der Waals surface area contributed by atoms with Crippen LogP contribution in [0.1, 0.15) is 32.9 Å². The molecule has 1 aliphatic heterocycles.